The van der Waals surface area contributed by atoms with E-state index in [0.717, 1.165) is 6.42 Å². The van der Waals surface area contributed by atoms with Gasteiger partial charge in [0.25, 0.3) is 0 Å². The Bertz CT molecular complexity index is 583. The van der Waals surface area contributed by atoms with Crippen LogP contribution < -0.4 is 0 Å². The van der Waals surface area contributed by atoms with Gasteiger partial charge in [0.05, 0.1) is 9.65 Å². The van der Waals surface area contributed by atoms with E-state index in [0.29, 0.717) is 24.0 Å². The number of hydrogen-bond donors (Lipinski definition) is 0. The molecule has 0 aromatic heterocycles. The second-order valence-electron chi connectivity index (χ2n) is 5.33. The summed E-state index contributed by atoms with van der Waals surface area (Å²) in [5.41, 5.74) is 1.43. The Morgan fingerprint density at radius 2 is 1.04 bits per heavy atom. The van der Waals surface area contributed by atoms with Crippen molar-refractivity contribution in [2.45, 2.75) is 28.9 Å². The number of hydrogen-bond acceptors (Lipinski definition) is 2. The van der Waals surface area contributed by atoms with Gasteiger partial charge < -0.3 is 0 Å². The number of halogens is 2. The Morgan fingerprint density at radius 1 is 0.696 bits per heavy atom. The zero-order valence-electron chi connectivity index (χ0n) is 12.6. The summed E-state index contributed by atoms with van der Waals surface area (Å²) in [5, 5.41) is 0. The third kappa shape index (κ3) is 5.40. The predicted octanol–water partition coefficient (Wildman–Crippen LogP) is 5.45. The van der Waals surface area contributed by atoms with Crippen molar-refractivity contribution >= 4 is 43.4 Å². The maximum Gasteiger partial charge on any atom is 0.176 e. The predicted molar refractivity (Wildman–Crippen MR) is 101 cm³/mol. The summed E-state index contributed by atoms with van der Waals surface area (Å²) in [6.45, 7) is 0. The van der Waals surface area contributed by atoms with Crippen LogP contribution in [0.4, 0.5) is 0 Å². The lowest BCUT2D eigenvalue weighted by atomic mass is 10.0. The van der Waals surface area contributed by atoms with Crippen molar-refractivity contribution in [1.29, 1.82) is 0 Å². The van der Waals surface area contributed by atoms with Crippen molar-refractivity contribution in [3.05, 3.63) is 71.8 Å². The van der Waals surface area contributed by atoms with Crippen LogP contribution in [0.15, 0.2) is 60.7 Å². The standard InChI is InChI=1S/C19H18Br2O2/c20-16(18(22)14-8-3-1-4-9-14)12-7-13-17(21)19(23)15-10-5-2-6-11-15/h1-6,8-11,16-17H,7,12-13H2/t16-,17-/m0/s1. The van der Waals surface area contributed by atoms with E-state index in [1.165, 1.54) is 0 Å². The fourth-order valence-electron chi connectivity index (χ4n) is 2.30. The largest absolute Gasteiger partial charge is 0.293 e. The normalized spacial score (nSPS) is 13.3. The molecule has 2 atom stereocenters. The van der Waals surface area contributed by atoms with E-state index < -0.39 is 0 Å². The third-order valence-electron chi connectivity index (χ3n) is 3.60. The fourth-order valence-corrected chi connectivity index (χ4v) is 3.48. The lowest BCUT2D eigenvalue weighted by Gasteiger charge is -2.11. The topological polar surface area (TPSA) is 34.1 Å². The van der Waals surface area contributed by atoms with E-state index in [4.69, 9.17) is 0 Å². The monoisotopic (exact) mass is 436 g/mol. The molecule has 0 saturated heterocycles. The zero-order valence-corrected chi connectivity index (χ0v) is 15.8. The van der Waals surface area contributed by atoms with Crippen molar-refractivity contribution in [3.63, 3.8) is 0 Å². The first-order chi connectivity index (χ1) is 11.1. The maximum absolute atomic E-state index is 12.3. The Morgan fingerprint density at radius 3 is 1.39 bits per heavy atom. The number of benzene rings is 2. The van der Waals surface area contributed by atoms with Crippen LogP contribution in [0, 0.1) is 0 Å². The molecule has 0 N–H and O–H groups in total. The molecule has 0 fully saturated rings. The van der Waals surface area contributed by atoms with Crippen LogP contribution in [0.3, 0.4) is 0 Å². The first-order valence-electron chi connectivity index (χ1n) is 7.56. The molecule has 0 radical (unpaired) electrons. The van der Waals surface area contributed by atoms with Gasteiger partial charge in [0.1, 0.15) is 0 Å². The summed E-state index contributed by atoms with van der Waals surface area (Å²) < 4.78 is 0. The van der Waals surface area contributed by atoms with E-state index >= 15 is 0 Å². The van der Waals surface area contributed by atoms with Gasteiger partial charge in [-0.1, -0.05) is 98.9 Å². The molecule has 0 aliphatic heterocycles. The van der Waals surface area contributed by atoms with E-state index in [2.05, 4.69) is 31.9 Å². The highest BCUT2D eigenvalue weighted by Crippen LogP contribution is 2.21. The molecule has 0 aliphatic carbocycles. The number of rotatable bonds is 8. The molecule has 23 heavy (non-hydrogen) atoms. The number of Topliss-reactive ketones (excluding diaryl/α,β-unsaturated/α-hetero) is 2. The molecule has 2 aromatic carbocycles. The van der Waals surface area contributed by atoms with E-state index in [1.54, 1.807) is 0 Å². The van der Waals surface area contributed by atoms with Crippen LogP contribution in [0.25, 0.3) is 0 Å². The van der Waals surface area contributed by atoms with Gasteiger partial charge in [-0.05, 0) is 12.8 Å². The zero-order chi connectivity index (χ0) is 16.7. The molecule has 4 heteroatoms. The lowest BCUT2D eigenvalue weighted by molar-refractivity contribution is 0.0988. The van der Waals surface area contributed by atoms with Gasteiger partial charge in [-0.15, -0.1) is 0 Å². The van der Waals surface area contributed by atoms with Gasteiger partial charge in [0.2, 0.25) is 0 Å². The van der Waals surface area contributed by atoms with E-state index in [-0.39, 0.29) is 21.2 Å². The second kappa shape index (κ2) is 9.14. The quantitative estimate of drug-likeness (QED) is 0.406. The highest BCUT2D eigenvalue weighted by atomic mass is 79.9. The minimum absolute atomic E-state index is 0.0890. The first kappa shape index (κ1) is 18.1. The Kier molecular flexibility index (Phi) is 7.18. The smallest absolute Gasteiger partial charge is 0.176 e. The molecule has 2 nitrogen and oxygen atoms in total. The molecule has 0 saturated carbocycles. The van der Waals surface area contributed by atoms with Crippen LogP contribution in [0.1, 0.15) is 40.0 Å². The fraction of sp³-hybridized carbons (Fsp3) is 0.263. The van der Waals surface area contributed by atoms with Crippen molar-refractivity contribution in [3.8, 4) is 0 Å². The molecular formula is C19H18Br2O2. The molecule has 2 aromatic rings. The minimum atomic E-state index is -0.212. The first-order valence-corrected chi connectivity index (χ1v) is 9.39. The van der Waals surface area contributed by atoms with E-state index in [1.807, 2.05) is 60.7 Å². The van der Waals surface area contributed by atoms with Gasteiger partial charge in [0.15, 0.2) is 11.6 Å². The van der Waals surface area contributed by atoms with Crippen LogP contribution in [0.5, 0.6) is 0 Å². The molecule has 2 rings (SSSR count). The number of carbonyl (C=O) groups excluding carboxylic acids is 2. The SMILES string of the molecule is O=C(c1ccccc1)[C@@H](Br)CCC[C@H](Br)C(=O)c1ccccc1. The Hall–Kier alpha value is -1.26. The highest BCUT2D eigenvalue weighted by Gasteiger charge is 2.19. The van der Waals surface area contributed by atoms with Gasteiger partial charge in [-0.3, -0.25) is 9.59 Å². The number of carbonyl (C=O) groups is 2. The van der Waals surface area contributed by atoms with Gasteiger partial charge in [-0.25, -0.2) is 0 Å². The molecular weight excluding hydrogens is 420 g/mol. The third-order valence-corrected chi connectivity index (χ3v) is 5.35. The summed E-state index contributed by atoms with van der Waals surface area (Å²) >= 11 is 6.92. The summed E-state index contributed by atoms with van der Waals surface area (Å²) in [7, 11) is 0. The van der Waals surface area contributed by atoms with Crippen LogP contribution >= 0.6 is 31.9 Å². The summed E-state index contributed by atoms with van der Waals surface area (Å²) in [6.07, 6.45) is 2.21. The maximum atomic E-state index is 12.3. The number of ketones is 2. The molecule has 0 aliphatic rings. The molecule has 0 bridgehead atoms. The second-order valence-corrected chi connectivity index (χ2v) is 7.54. The molecule has 0 spiro atoms. The van der Waals surface area contributed by atoms with Crippen LogP contribution in [-0.2, 0) is 0 Å². The van der Waals surface area contributed by atoms with Crippen LogP contribution in [-0.4, -0.2) is 21.2 Å². The average Bonchev–Trinajstić information content (AvgIpc) is 2.61. The van der Waals surface area contributed by atoms with Crippen molar-refractivity contribution < 1.29 is 9.59 Å². The molecule has 0 unspecified atom stereocenters. The summed E-state index contributed by atoms with van der Waals surface area (Å²) in [6, 6.07) is 18.5. The Labute approximate surface area is 153 Å². The van der Waals surface area contributed by atoms with Crippen molar-refractivity contribution in [2.75, 3.05) is 0 Å². The van der Waals surface area contributed by atoms with Gasteiger partial charge in [-0.2, -0.15) is 0 Å². The highest BCUT2D eigenvalue weighted by molar-refractivity contribution is 9.10. The van der Waals surface area contributed by atoms with Crippen molar-refractivity contribution in [2.24, 2.45) is 0 Å². The van der Waals surface area contributed by atoms with Crippen LogP contribution in [0.2, 0.25) is 0 Å². The van der Waals surface area contributed by atoms with Crippen molar-refractivity contribution in [1.82, 2.24) is 0 Å². The lowest BCUT2D eigenvalue weighted by Crippen LogP contribution is -2.17. The van der Waals surface area contributed by atoms with Gasteiger partial charge >= 0.3 is 0 Å². The Balaban J connectivity index is 1.80. The molecule has 0 amide bonds. The molecule has 0 heterocycles. The van der Waals surface area contributed by atoms with Gasteiger partial charge in [0, 0.05) is 11.1 Å². The summed E-state index contributed by atoms with van der Waals surface area (Å²) in [4.78, 5) is 24.1. The molecule has 120 valence electrons. The average molecular weight is 438 g/mol. The summed E-state index contributed by atoms with van der Waals surface area (Å²) in [5.74, 6) is 0.178. The minimum Gasteiger partial charge on any atom is -0.293 e. The van der Waals surface area contributed by atoms with E-state index in [9.17, 15) is 9.59 Å². The number of alkyl halides is 2.